The lowest BCUT2D eigenvalue weighted by molar-refractivity contribution is 0.944. The minimum atomic E-state index is 1.13. The Balaban J connectivity index is 2.17. The molecule has 1 aromatic carbocycles. The van der Waals surface area contributed by atoms with Crippen LogP contribution in [-0.4, -0.2) is 0 Å². The largest absolute Gasteiger partial charge is 0.0885 e. The Morgan fingerprint density at radius 3 is 2.27 bits per heavy atom. The first kappa shape index (κ1) is 11.8. The zero-order chi connectivity index (χ0) is 10.8. The van der Waals surface area contributed by atoms with Crippen molar-refractivity contribution in [2.75, 3.05) is 0 Å². The molecule has 0 heterocycles. The highest BCUT2D eigenvalue weighted by atomic mass is 13.9. The zero-order valence-corrected chi connectivity index (χ0v) is 9.52. The van der Waals surface area contributed by atoms with Gasteiger partial charge >= 0.3 is 0 Å². The Labute approximate surface area is 93.3 Å². The van der Waals surface area contributed by atoms with E-state index >= 15 is 0 Å². The number of hydrogen-bond acceptors (Lipinski definition) is 0. The van der Waals surface area contributed by atoms with Crippen molar-refractivity contribution in [3.05, 3.63) is 54.1 Å². The number of allylic oxidation sites excluding steroid dienone is 3. The Hall–Kier alpha value is -1.30. The van der Waals surface area contributed by atoms with Gasteiger partial charge in [-0.3, -0.25) is 0 Å². The van der Waals surface area contributed by atoms with Crippen LogP contribution in [0.3, 0.4) is 0 Å². The average molecular weight is 200 g/mol. The third kappa shape index (κ3) is 5.90. The van der Waals surface area contributed by atoms with Crippen molar-refractivity contribution in [3.8, 4) is 0 Å². The standard InChI is InChI=1S/C15H20/c1-2-3-4-5-6-7-9-12-15-13-10-8-11-14-15/h4-5,8-14H,2-3,6-7H2,1H3/b5-4+,12-9+. The molecule has 0 N–H and O–H groups in total. The van der Waals surface area contributed by atoms with Crippen LogP contribution < -0.4 is 0 Å². The molecule has 0 heteroatoms. The Bertz CT molecular complexity index is 293. The van der Waals surface area contributed by atoms with Crippen LogP contribution in [0.4, 0.5) is 0 Å². The number of benzene rings is 1. The molecule has 0 saturated carbocycles. The molecule has 0 saturated heterocycles. The van der Waals surface area contributed by atoms with Crippen LogP contribution in [0.25, 0.3) is 6.08 Å². The molecule has 0 aliphatic carbocycles. The number of unbranched alkanes of at least 4 members (excludes halogenated alkanes) is 2. The molecule has 1 aromatic rings. The van der Waals surface area contributed by atoms with Crippen LogP contribution in [-0.2, 0) is 0 Å². The highest BCUT2D eigenvalue weighted by Gasteiger charge is 1.82. The first-order valence-electron chi connectivity index (χ1n) is 5.80. The molecule has 0 bridgehead atoms. The minimum absolute atomic E-state index is 1.13. The monoisotopic (exact) mass is 200 g/mol. The van der Waals surface area contributed by atoms with Crippen LogP contribution in [0.2, 0.25) is 0 Å². The van der Waals surface area contributed by atoms with Crippen molar-refractivity contribution >= 4 is 6.08 Å². The summed E-state index contributed by atoms with van der Waals surface area (Å²) >= 11 is 0. The van der Waals surface area contributed by atoms with E-state index in [0.717, 1.165) is 12.8 Å². The molecule has 15 heavy (non-hydrogen) atoms. The second-order valence-electron chi connectivity index (χ2n) is 3.65. The molecule has 0 aliphatic rings. The summed E-state index contributed by atoms with van der Waals surface area (Å²) < 4.78 is 0. The predicted octanol–water partition coefficient (Wildman–Crippen LogP) is 4.84. The van der Waals surface area contributed by atoms with Crippen molar-refractivity contribution < 1.29 is 0 Å². The van der Waals surface area contributed by atoms with Gasteiger partial charge in [-0.15, -0.1) is 0 Å². The second-order valence-corrected chi connectivity index (χ2v) is 3.65. The smallest absolute Gasteiger partial charge is 0.0260 e. The summed E-state index contributed by atoms with van der Waals surface area (Å²) in [5.41, 5.74) is 1.29. The molecular weight excluding hydrogens is 180 g/mol. The van der Waals surface area contributed by atoms with Crippen LogP contribution in [0, 0.1) is 0 Å². The van der Waals surface area contributed by atoms with E-state index in [-0.39, 0.29) is 0 Å². The van der Waals surface area contributed by atoms with E-state index in [9.17, 15) is 0 Å². The van der Waals surface area contributed by atoms with E-state index in [1.54, 1.807) is 0 Å². The van der Waals surface area contributed by atoms with Gasteiger partial charge in [0.1, 0.15) is 0 Å². The van der Waals surface area contributed by atoms with Crippen LogP contribution >= 0.6 is 0 Å². The van der Waals surface area contributed by atoms with Crippen molar-refractivity contribution in [1.29, 1.82) is 0 Å². The van der Waals surface area contributed by atoms with Crippen LogP contribution in [0.15, 0.2) is 48.6 Å². The SMILES string of the molecule is CCC/C=C/CC/C=C/c1ccccc1. The Morgan fingerprint density at radius 2 is 1.53 bits per heavy atom. The maximum absolute atomic E-state index is 2.28. The Kier molecular flexibility index (Phi) is 6.31. The van der Waals surface area contributed by atoms with Gasteiger partial charge in [0.2, 0.25) is 0 Å². The summed E-state index contributed by atoms with van der Waals surface area (Å²) in [7, 11) is 0. The third-order valence-electron chi connectivity index (χ3n) is 2.23. The normalized spacial score (nSPS) is 11.5. The summed E-state index contributed by atoms with van der Waals surface area (Å²) in [6.07, 6.45) is 13.7. The predicted molar refractivity (Wildman–Crippen MR) is 68.8 cm³/mol. The van der Waals surface area contributed by atoms with Crippen LogP contribution in [0.5, 0.6) is 0 Å². The fourth-order valence-corrected chi connectivity index (χ4v) is 1.38. The van der Waals surface area contributed by atoms with Gasteiger partial charge in [-0.2, -0.15) is 0 Å². The lowest BCUT2D eigenvalue weighted by Crippen LogP contribution is -1.69. The maximum atomic E-state index is 2.28. The number of rotatable bonds is 6. The first-order valence-corrected chi connectivity index (χ1v) is 5.80. The van der Waals surface area contributed by atoms with Gasteiger partial charge in [-0.25, -0.2) is 0 Å². The van der Waals surface area contributed by atoms with Gasteiger partial charge in [0, 0.05) is 0 Å². The average Bonchev–Trinajstić information content (AvgIpc) is 2.29. The molecule has 0 spiro atoms. The molecule has 0 unspecified atom stereocenters. The van der Waals surface area contributed by atoms with E-state index in [1.165, 1.54) is 18.4 Å². The Morgan fingerprint density at radius 1 is 0.867 bits per heavy atom. The molecule has 0 nitrogen and oxygen atoms in total. The quantitative estimate of drug-likeness (QED) is 0.455. The fraction of sp³-hybridized carbons (Fsp3) is 0.333. The third-order valence-corrected chi connectivity index (χ3v) is 2.23. The highest BCUT2D eigenvalue weighted by Crippen LogP contribution is 2.03. The van der Waals surface area contributed by atoms with Gasteiger partial charge < -0.3 is 0 Å². The summed E-state index contributed by atoms with van der Waals surface area (Å²) in [6, 6.07) is 10.4. The molecule has 0 atom stereocenters. The van der Waals surface area contributed by atoms with E-state index < -0.39 is 0 Å². The molecule has 0 aromatic heterocycles. The molecule has 0 fully saturated rings. The lowest BCUT2D eigenvalue weighted by atomic mass is 10.2. The topological polar surface area (TPSA) is 0 Å². The van der Waals surface area contributed by atoms with Gasteiger partial charge in [-0.05, 0) is 24.8 Å². The molecule has 0 amide bonds. The van der Waals surface area contributed by atoms with Gasteiger partial charge in [0.05, 0.1) is 0 Å². The fourth-order valence-electron chi connectivity index (χ4n) is 1.38. The highest BCUT2D eigenvalue weighted by molar-refractivity contribution is 5.48. The lowest BCUT2D eigenvalue weighted by Gasteiger charge is -1.91. The van der Waals surface area contributed by atoms with Crippen LogP contribution in [0.1, 0.15) is 38.2 Å². The van der Waals surface area contributed by atoms with Crippen molar-refractivity contribution in [2.45, 2.75) is 32.6 Å². The van der Waals surface area contributed by atoms with Crippen molar-refractivity contribution in [3.63, 3.8) is 0 Å². The van der Waals surface area contributed by atoms with Crippen molar-refractivity contribution in [1.82, 2.24) is 0 Å². The van der Waals surface area contributed by atoms with Gasteiger partial charge in [0.25, 0.3) is 0 Å². The summed E-state index contributed by atoms with van der Waals surface area (Å²) in [5.74, 6) is 0. The summed E-state index contributed by atoms with van der Waals surface area (Å²) in [4.78, 5) is 0. The molecule has 1 rings (SSSR count). The van der Waals surface area contributed by atoms with E-state index in [4.69, 9.17) is 0 Å². The van der Waals surface area contributed by atoms with E-state index in [2.05, 4.69) is 55.5 Å². The number of hydrogen-bond donors (Lipinski definition) is 0. The molecule has 0 aliphatic heterocycles. The molecule has 0 radical (unpaired) electrons. The molecular formula is C15H20. The molecule has 80 valence electrons. The summed E-state index contributed by atoms with van der Waals surface area (Å²) in [6.45, 7) is 2.21. The first-order chi connectivity index (χ1) is 7.43. The van der Waals surface area contributed by atoms with Gasteiger partial charge in [-0.1, -0.05) is 68.0 Å². The van der Waals surface area contributed by atoms with E-state index in [0.29, 0.717) is 0 Å². The maximum Gasteiger partial charge on any atom is -0.0260 e. The van der Waals surface area contributed by atoms with Gasteiger partial charge in [0.15, 0.2) is 0 Å². The summed E-state index contributed by atoms with van der Waals surface area (Å²) in [5, 5.41) is 0. The second kappa shape index (κ2) is 8.05. The zero-order valence-electron chi connectivity index (χ0n) is 9.52. The minimum Gasteiger partial charge on any atom is -0.0885 e. The van der Waals surface area contributed by atoms with Crippen molar-refractivity contribution in [2.24, 2.45) is 0 Å². The van der Waals surface area contributed by atoms with E-state index in [1.807, 2.05) is 6.07 Å².